The van der Waals surface area contributed by atoms with Crippen LogP contribution in [-0.2, 0) is 0 Å². The van der Waals surface area contributed by atoms with Crippen LogP contribution in [0.25, 0.3) is 0 Å². The van der Waals surface area contributed by atoms with Gasteiger partial charge in [-0.2, -0.15) is 5.10 Å². The van der Waals surface area contributed by atoms with Gasteiger partial charge in [0.25, 0.3) is 5.69 Å². The molecule has 0 bridgehead atoms. The summed E-state index contributed by atoms with van der Waals surface area (Å²) in [4.78, 5) is 13.8. The molecule has 0 atom stereocenters. The number of nitro groups is 1. The molecule has 0 amide bonds. The summed E-state index contributed by atoms with van der Waals surface area (Å²) in [6.45, 7) is 0. The zero-order chi connectivity index (χ0) is 13.7. The molecule has 0 aliphatic rings. The molecule has 0 saturated carbocycles. The van der Waals surface area contributed by atoms with Gasteiger partial charge in [-0.25, -0.2) is 4.98 Å². The Morgan fingerprint density at radius 1 is 1.26 bits per heavy atom. The second kappa shape index (κ2) is 5.92. The molecule has 0 unspecified atom stereocenters. The highest BCUT2D eigenvalue weighted by Crippen LogP contribution is 2.12. The average molecular weight is 277 g/mol. The van der Waals surface area contributed by atoms with Crippen molar-refractivity contribution in [1.29, 1.82) is 0 Å². The highest BCUT2D eigenvalue weighted by atomic mass is 35.5. The number of aromatic nitrogens is 1. The van der Waals surface area contributed by atoms with Crippen LogP contribution >= 0.6 is 11.6 Å². The molecule has 1 aromatic carbocycles. The lowest BCUT2D eigenvalue weighted by Crippen LogP contribution is -1.95. The SMILES string of the molecule is O=[N+]([O-])c1ccc(NN=Cc2ccc(Cl)cc2)nc1. The van der Waals surface area contributed by atoms with E-state index in [0.717, 1.165) is 5.56 Å². The van der Waals surface area contributed by atoms with E-state index in [4.69, 9.17) is 11.6 Å². The number of rotatable bonds is 4. The molecule has 96 valence electrons. The standard InChI is InChI=1S/C12H9ClN4O2/c13-10-3-1-9(2-4-10)7-15-16-12-6-5-11(8-14-12)17(18)19/h1-8H,(H,14,16). The predicted octanol–water partition coefficient (Wildman–Crippen LogP) is 3.09. The van der Waals surface area contributed by atoms with Crippen LogP contribution in [0.2, 0.25) is 5.02 Å². The third-order valence-electron chi connectivity index (χ3n) is 2.22. The van der Waals surface area contributed by atoms with Gasteiger partial charge in [-0.15, -0.1) is 0 Å². The summed E-state index contributed by atoms with van der Waals surface area (Å²) >= 11 is 5.76. The Morgan fingerprint density at radius 3 is 2.58 bits per heavy atom. The molecular formula is C12H9ClN4O2. The van der Waals surface area contributed by atoms with Crippen molar-refractivity contribution < 1.29 is 4.92 Å². The van der Waals surface area contributed by atoms with Crippen molar-refractivity contribution in [3.8, 4) is 0 Å². The predicted molar refractivity (Wildman–Crippen MR) is 73.6 cm³/mol. The summed E-state index contributed by atoms with van der Waals surface area (Å²) in [5.74, 6) is 0.427. The highest BCUT2D eigenvalue weighted by Gasteiger charge is 2.04. The number of hydrazone groups is 1. The lowest BCUT2D eigenvalue weighted by Gasteiger charge is -1.98. The number of hydrogen-bond acceptors (Lipinski definition) is 5. The Labute approximate surface area is 113 Å². The lowest BCUT2D eigenvalue weighted by molar-refractivity contribution is -0.385. The number of anilines is 1. The van der Waals surface area contributed by atoms with Crippen molar-refractivity contribution in [2.45, 2.75) is 0 Å². The first kappa shape index (κ1) is 13.0. The van der Waals surface area contributed by atoms with E-state index in [2.05, 4.69) is 15.5 Å². The quantitative estimate of drug-likeness (QED) is 0.528. The zero-order valence-corrected chi connectivity index (χ0v) is 10.4. The molecule has 6 nitrogen and oxygen atoms in total. The molecule has 1 aromatic heterocycles. The minimum Gasteiger partial charge on any atom is -0.261 e. The second-order valence-corrected chi connectivity index (χ2v) is 4.02. The number of nitrogens with one attached hydrogen (secondary N) is 1. The van der Waals surface area contributed by atoms with Gasteiger partial charge in [-0.3, -0.25) is 15.5 Å². The zero-order valence-electron chi connectivity index (χ0n) is 9.65. The Balaban J connectivity index is 1.98. The molecule has 19 heavy (non-hydrogen) atoms. The monoisotopic (exact) mass is 276 g/mol. The van der Waals surface area contributed by atoms with Crippen LogP contribution in [0.5, 0.6) is 0 Å². The van der Waals surface area contributed by atoms with E-state index in [-0.39, 0.29) is 5.69 Å². The van der Waals surface area contributed by atoms with Crippen LogP contribution in [0.15, 0.2) is 47.7 Å². The van der Waals surface area contributed by atoms with Crippen molar-refractivity contribution in [3.63, 3.8) is 0 Å². The minimum atomic E-state index is -0.506. The smallest absolute Gasteiger partial charge is 0.261 e. The maximum absolute atomic E-state index is 10.4. The van der Waals surface area contributed by atoms with E-state index < -0.39 is 4.92 Å². The molecule has 2 aromatic rings. The van der Waals surface area contributed by atoms with Gasteiger partial charge >= 0.3 is 0 Å². The summed E-state index contributed by atoms with van der Waals surface area (Å²) in [5.41, 5.74) is 3.49. The third kappa shape index (κ3) is 3.75. The Morgan fingerprint density at radius 2 is 2.00 bits per heavy atom. The van der Waals surface area contributed by atoms with E-state index in [0.29, 0.717) is 10.8 Å². The first-order valence-corrected chi connectivity index (χ1v) is 5.68. The number of nitrogens with zero attached hydrogens (tertiary/aromatic N) is 3. The van der Waals surface area contributed by atoms with Crippen molar-refractivity contribution in [3.05, 3.63) is 63.3 Å². The maximum atomic E-state index is 10.4. The maximum Gasteiger partial charge on any atom is 0.287 e. The van der Waals surface area contributed by atoms with Gasteiger partial charge in [0, 0.05) is 11.1 Å². The van der Waals surface area contributed by atoms with Gasteiger partial charge in [0.05, 0.1) is 11.1 Å². The largest absolute Gasteiger partial charge is 0.287 e. The van der Waals surface area contributed by atoms with Crippen LogP contribution in [0.3, 0.4) is 0 Å². The third-order valence-corrected chi connectivity index (χ3v) is 2.47. The molecule has 1 heterocycles. The van der Waals surface area contributed by atoms with Crippen molar-refractivity contribution in [1.82, 2.24) is 4.98 Å². The second-order valence-electron chi connectivity index (χ2n) is 3.58. The van der Waals surface area contributed by atoms with E-state index in [1.54, 1.807) is 18.3 Å². The number of pyridine rings is 1. The van der Waals surface area contributed by atoms with E-state index in [1.165, 1.54) is 18.3 Å². The summed E-state index contributed by atoms with van der Waals surface area (Å²) < 4.78 is 0. The van der Waals surface area contributed by atoms with Crippen LogP contribution in [0, 0.1) is 10.1 Å². The Hall–Kier alpha value is -2.47. The summed E-state index contributed by atoms with van der Waals surface area (Å²) in [7, 11) is 0. The molecule has 0 saturated heterocycles. The first-order valence-electron chi connectivity index (χ1n) is 5.30. The molecule has 0 radical (unpaired) electrons. The first-order chi connectivity index (χ1) is 9.15. The van der Waals surface area contributed by atoms with Gasteiger partial charge in [-0.05, 0) is 23.8 Å². The summed E-state index contributed by atoms with van der Waals surface area (Å²) in [6, 6.07) is 9.98. The Kier molecular flexibility index (Phi) is 4.04. The minimum absolute atomic E-state index is 0.0627. The molecule has 0 spiro atoms. The molecule has 2 rings (SSSR count). The van der Waals surface area contributed by atoms with Crippen molar-refractivity contribution in [2.75, 3.05) is 5.43 Å². The lowest BCUT2D eigenvalue weighted by atomic mass is 10.2. The van der Waals surface area contributed by atoms with Gasteiger partial charge in [0.1, 0.15) is 12.0 Å². The van der Waals surface area contributed by atoms with Crippen LogP contribution < -0.4 is 5.43 Å². The molecule has 1 N–H and O–H groups in total. The molecule has 7 heteroatoms. The van der Waals surface area contributed by atoms with Gasteiger partial charge in [-0.1, -0.05) is 23.7 Å². The Bertz CT molecular complexity index is 596. The van der Waals surface area contributed by atoms with Crippen LogP contribution in [0.4, 0.5) is 11.5 Å². The highest BCUT2D eigenvalue weighted by molar-refractivity contribution is 6.30. The van der Waals surface area contributed by atoms with Crippen molar-refractivity contribution >= 4 is 29.3 Å². The fourth-order valence-corrected chi connectivity index (χ4v) is 1.41. The van der Waals surface area contributed by atoms with Crippen molar-refractivity contribution in [2.24, 2.45) is 5.10 Å². The van der Waals surface area contributed by atoms with Crippen LogP contribution in [-0.4, -0.2) is 16.1 Å². The number of halogens is 1. The fourth-order valence-electron chi connectivity index (χ4n) is 1.28. The normalized spacial score (nSPS) is 10.6. The molecule has 0 aliphatic heterocycles. The molecular weight excluding hydrogens is 268 g/mol. The van der Waals surface area contributed by atoms with E-state index in [1.807, 2.05) is 12.1 Å². The van der Waals surface area contributed by atoms with E-state index >= 15 is 0 Å². The van der Waals surface area contributed by atoms with Gasteiger partial charge in [0.15, 0.2) is 0 Å². The molecule has 0 aliphatic carbocycles. The number of hydrogen-bond donors (Lipinski definition) is 1. The fraction of sp³-hybridized carbons (Fsp3) is 0. The average Bonchev–Trinajstić information content (AvgIpc) is 2.41. The summed E-state index contributed by atoms with van der Waals surface area (Å²) in [5, 5.41) is 15.1. The molecule has 0 fully saturated rings. The van der Waals surface area contributed by atoms with Crippen LogP contribution in [0.1, 0.15) is 5.56 Å². The topological polar surface area (TPSA) is 80.4 Å². The van der Waals surface area contributed by atoms with Gasteiger partial charge < -0.3 is 0 Å². The number of benzene rings is 1. The van der Waals surface area contributed by atoms with Gasteiger partial charge in [0.2, 0.25) is 0 Å². The van der Waals surface area contributed by atoms with E-state index in [9.17, 15) is 10.1 Å². The summed E-state index contributed by atoms with van der Waals surface area (Å²) in [6.07, 6.45) is 2.76.